The zero-order valence-corrected chi connectivity index (χ0v) is 8.97. The molecule has 2 aromatic rings. The summed E-state index contributed by atoms with van der Waals surface area (Å²) in [5, 5.41) is 12.1. The lowest BCUT2D eigenvalue weighted by Gasteiger charge is -1.90. The van der Waals surface area contributed by atoms with E-state index in [4.69, 9.17) is 4.42 Å². The lowest BCUT2D eigenvalue weighted by molar-refractivity contribution is 0.502. The molecule has 0 spiro atoms. The lowest BCUT2D eigenvalue weighted by Crippen LogP contribution is -1.91. The molecule has 0 aliphatic heterocycles. The zero-order chi connectivity index (χ0) is 10.7. The third-order valence-electron chi connectivity index (χ3n) is 2.13. The minimum absolute atomic E-state index is 0.554. The Morgan fingerprint density at radius 3 is 2.87 bits per heavy atom. The first kappa shape index (κ1) is 9.89. The van der Waals surface area contributed by atoms with Crippen LogP contribution >= 0.6 is 0 Å². The minimum atomic E-state index is 0.554. The molecule has 5 nitrogen and oxygen atoms in total. The molecule has 0 fully saturated rings. The van der Waals surface area contributed by atoms with E-state index in [2.05, 4.69) is 22.2 Å². The monoisotopic (exact) mass is 206 g/mol. The van der Waals surface area contributed by atoms with E-state index in [1.165, 1.54) is 0 Å². The van der Waals surface area contributed by atoms with Crippen LogP contribution in [-0.4, -0.2) is 20.0 Å². The van der Waals surface area contributed by atoms with Gasteiger partial charge in [-0.25, -0.2) is 0 Å². The van der Waals surface area contributed by atoms with Crippen molar-refractivity contribution in [1.82, 2.24) is 20.0 Å². The van der Waals surface area contributed by atoms with Crippen LogP contribution in [0.15, 0.2) is 16.8 Å². The van der Waals surface area contributed by atoms with Gasteiger partial charge in [-0.3, -0.25) is 4.68 Å². The van der Waals surface area contributed by atoms with Gasteiger partial charge in [-0.15, -0.1) is 10.2 Å². The summed E-state index contributed by atoms with van der Waals surface area (Å²) in [6.45, 7) is 4.96. The first-order chi connectivity index (χ1) is 7.33. The van der Waals surface area contributed by atoms with Crippen molar-refractivity contribution >= 4 is 0 Å². The maximum Gasteiger partial charge on any atom is 0.250 e. The van der Waals surface area contributed by atoms with Gasteiger partial charge in [-0.1, -0.05) is 6.92 Å². The van der Waals surface area contributed by atoms with E-state index in [1.807, 2.05) is 17.8 Å². The molecule has 0 radical (unpaired) electrons. The summed E-state index contributed by atoms with van der Waals surface area (Å²) in [5.41, 5.74) is 0.881. The molecule has 0 N–H and O–H groups in total. The van der Waals surface area contributed by atoms with Gasteiger partial charge in [0.05, 0.1) is 11.8 Å². The fraction of sp³-hybridized carbons (Fsp3) is 0.500. The topological polar surface area (TPSA) is 56.7 Å². The van der Waals surface area contributed by atoms with Crippen molar-refractivity contribution in [3.05, 3.63) is 18.3 Å². The minimum Gasteiger partial charge on any atom is -0.421 e. The third kappa shape index (κ3) is 2.06. The van der Waals surface area contributed by atoms with Gasteiger partial charge in [-0.05, 0) is 13.3 Å². The smallest absolute Gasteiger partial charge is 0.250 e. The molecule has 2 rings (SSSR count). The van der Waals surface area contributed by atoms with Gasteiger partial charge in [0.1, 0.15) is 0 Å². The van der Waals surface area contributed by atoms with Crippen LogP contribution in [0, 0.1) is 0 Å². The van der Waals surface area contributed by atoms with Crippen LogP contribution in [0.5, 0.6) is 0 Å². The number of hydrogen-bond acceptors (Lipinski definition) is 4. The summed E-state index contributed by atoms with van der Waals surface area (Å²) >= 11 is 0. The summed E-state index contributed by atoms with van der Waals surface area (Å²) < 4.78 is 7.32. The number of hydrogen-bond donors (Lipinski definition) is 0. The molecular formula is C10H14N4O. The Bertz CT molecular complexity index is 432. The van der Waals surface area contributed by atoms with E-state index in [0.29, 0.717) is 11.8 Å². The van der Waals surface area contributed by atoms with Crippen LogP contribution < -0.4 is 0 Å². The number of aromatic nitrogens is 4. The lowest BCUT2D eigenvalue weighted by atomic mass is 10.3. The van der Waals surface area contributed by atoms with E-state index in [-0.39, 0.29) is 0 Å². The molecule has 0 amide bonds. The molecule has 15 heavy (non-hydrogen) atoms. The predicted octanol–water partition coefficient (Wildman–Crippen LogP) is 1.91. The van der Waals surface area contributed by atoms with Gasteiger partial charge in [0.25, 0.3) is 5.89 Å². The molecular weight excluding hydrogens is 192 g/mol. The van der Waals surface area contributed by atoms with Gasteiger partial charge >= 0.3 is 0 Å². The van der Waals surface area contributed by atoms with Crippen molar-refractivity contribution in [2.45, 2.75) is 33.2 Å². The van der Waals surface area contributed by atoms with Crippen LogP contribution in [0.3, 0.4) is 0 Å². The molecule has 0 unspecified atom stereocenters. The molecule has 0 saturated heterocycles. The summed E-state index contributed by atoms with van der Waals surface area (Å²) in [6.07, 6.45) is 5.49. The molecule has 80 valence electrons. The first-order valence-corrected chi connectivity index (χ1v) is 5.18. The summed E-state index contributed by atoms with van der Waals surface area (Å²) in [5.74, 6) is 1.25. The van der Waals surface area contributed by atoms with Crippen molar-refractivity contribution in [1.29, 1.82) is 0 Å². The SMILES string of the molecule is CCCc1nnc(-c2cnn(CC)c2)o1. The maximum atomic E-state index is 5.49. The van der Waals surface area contributed by atoms with Gasteiger partial charge < -0.3 is 4.42 Å². The second kappa shape index (κ2) is 4.25. The van der Waals surface area contributed by atoms with Crippen LogP contribution in [0.25, 0.3) is 11.5 Å². The molecule has 0 atom stereocenters. The Hall–Kier alpha value is -1.65. The normalized spacial score (nSPS) is 10.8. The summed E-state index contributed by atoms with van der Waals surface area (Å²) in [6, 6.07) is 0. The largest absolute Gasteiger partial charge is 0.421 e. The third-order valence-corrected chi connectivity index (χ3v) is 2.13. The fourth-order valence-electron chi connectivity index (χ4n) is 1.33. The van der Waals surface area contributed by atoms with E-state index in [0.717, 1.165) is 24.9 Å². The van der Waals surface area contributed by atoms with Crippen LogP contribution in [0.4, 0.5) is 0 Å². The molecule has 2 heterocycles. The Labute approximate surface area is 88.1 Å². The molecule has 0 saturated carbocycles. The molecule has 5 heteroatoms. The highest BCUT2D eigenvalue weighted by Crippen LogP contribution is 2.17. The van der Waals surface area contributed by atoms with Crippen molar-refractivity contribution in [2.24, 2.45) is 0 Å². The van der Waals surface area contributed by atoms with Gasteiger partial charge in [0.15, 0.2) is 0 Å². The number of rotatable bonds is 4. The average Bonchev–Trinajstić information content (AvgIpc) is 2.85. The molecule has 0 bridgehead atoms. The highest BCUT2D eigenvalue weighted by molar-refractivity contribution is 5.48. The predicted molar refractivity (Wildman–Crippen MR) is 55.2 cm³/mol. The van der Waals surface area contributed by atoms with E-state index in [9.17, 15) is 0 Å². The Kier molecular flexibility index (Phi) is 2.80. The standard InChI is InChI=1S/C10H14N4O/c1-3-5-9-12-13-10(15-9)8-6-11-14(4-2)7-8/h6-7H,3-5H2,1-2H3. The second-order valence-electron chi connectivity index (χ2n) is 3.34. The van der Waals surface area contributed by atoms with Gasteiger partial charge in [0, 0.05) is 19.2 Å². The Balaban J connectivity index is 2.21. The summed E-state index contributed by atoms with van der Waals surface area (Å²) in [4.78, 5) is 0. The van der Waals surface area contributed by atoms with E-state index < -0.39 is 0 Å². The highest BCUT2D eigenvalue weighted by atomic mass is 16.4. The van der Waals surface area contributed by atoms with Crippen molar-refractivity contribution in [3.8, 4) is 11.5 Å². The average molecular weight is 206 g/mol. The van der Waals surface area contributed by atoms with Crippen molar-refractivity contribution in [2.75, 3.05) is 0 Å². The van der Waals surface area contributed by atoms with E-state index in [1.54, 1.807) is 6.20 Å². The van der Waals surface area contributed by atoms with Crippen molar-refractivity contribution < 1.29 is 4.42 Å². The number of nitrogens with zero attached hydrogens (tertiary/aromatic N) is 4. The molecule has 0 aromatic carbocycles. The zero-order valence-electron chi connectivity index (χ0n) is 8.97. The van der Waals surface area contributed by atoms with Gasteiger partial charge in [-0.2, -0.15) is 5.10 Å². The van der Waals surface area contributed by atoms with Crippen LogP contribution in [0.1, 0.15) is 26.2 Å². The quantitative estimate of drug-likeness (QED) is 0.766. The highest BCUT2D eigenvalue weighted by Gasteiger charge is 2.09. The van der Waals surface area contributed by atoms with Crippen molar-refractivity contribution in [3.63, 3.8) is 0 Å². The van der Waals surface area contributed by atoms with Crippen LogP contribution in [0.2, 0.25) is 0 Å². The van der Waals surface area contributed by atoms with Crippen LogP contribution in [-0.2, 0) is 13.0 Å². The summed E-state index contributed by atoms with van der Waals surface area (Å²) in [7, 11) is 0. The Morgan fingerprint density at radius 2 is 2.20 bits per heavy atom. The van der Waals surface area contributed by atoms with Gasteiger partial charge in [0.2, 0.25) is 5.89 Å². The molecule has 2 aromatic heterocycles. The fourth-order valence-corrected chi connectivity index (χ4v) is 1.33. The van der Waals surface area contributed by atoms with E-state index >= 15 is 0 Å². The molecule has 0 aliphatic rings. The maximum absolute atomic E-state index is 5.49. The second-order valence-corrected chi connectivity index (χ2v) is 3.34. The number of aryl methyl sites for hydroxylation is 2. The first-order valence-electron chi connectivity index (χ1n) is 5.18. The Morgan fingerprint density at radius 1 is 1.33 bits per heavy atom. The molecule has 0 aliphatic carbocycles.